The molecule has 1 aromatic heterocycles. The number of carbonyl (C=O) groups is 1. The summed E-state index contributed by atoms with van der Waals surface area (Å²) in [5.74, 6) is -1.39. The van der Waals surface area contributed by atoms with Crippen molar-refractivity contribution in [2.24, 2.45) is 0 Å². The highest BCUT2D eigenvalue weighted by Gasteiger charge is 2.17. The van der Waals surface area contributed by atoms with E-state index in [1.807, 2.05) is 6.92 Å². The van der Waals surface area contributed by atoms with Gasteiger partial charge in [-0.25, -0.2) is 14.2 Å². The molecular formula is C15H15FN2O2. The second kappa shape index (κ2) is 5.28. The first-order valence-electron chi connectivity index (χ1n) is 6.13. The molecule has 0 atom stereocenters. The number of aromatic nitrogens is 1. The number of aromatic carboxylic acids is 1. The summed E-state index contributed by atoms with van der Waals surface area (Å²) in [7, 11) is 0. The van der Waals surface area contributed by atoms with Crippen LogP contribution in [0.1, 0.15) is 27.2 Å². The Morgan fingerprint density at radius 1 is 1.25 bits per heavy atom. The number of carboxylic acid groups (broad SMARTS) is 1. The van der Waals surface area contributed by atoms with Gasteiger partial charge in [-0.2, -0.15) is 0 Å². The number of aryl methyl sites for hydroxylation is 3. The van der Waals surface area contributed by atoms with Crippen molar-refractivity contribution in [2.45, 2.75) is 20.8 Å². The van der Waals surface area contributed by atoms with Crippen LogP contribution in [0.15, 0.2) is 24.3 Å². The Morgan fingerprint density at radius 3 is 2.60 bits per heavy atom. The van der Waals surface area contributed by atoms with E-state index < -0.39 is 11.8 Å². The Morgan fingerprint density at radius 2 is 1.95 bits per heavy atom. The SMILES string of the molecule is Cc1ccc(F)c(Nc2nc(C)cc(C)c2C(=O)O)c1. The predicted molar refractivity (Wildman–Crippen MR) is 75.1 cm³/mol. The van der Waals surface area contributed by atoms with Crippen molar-refractivity contribution in [2.75, 3.05) is 5.32 Å². The van der Waals surface area contributed by atoms with Crippen molar-refractivity contribution in [3.8, 4) is 0 Å². The minimum atomic E-state index is -1.09. The number of hydrogen-bond donors (Lipinski definition) is 2. The Kier molecular flexibility index (Phi) is 3.70. The summed E-state index contributed by atoms with van der Waals surface area (Å²) in [4.78, 5) is 15.5. The molecule has 2 rings (SSSR count). The lowest BCUT2D eigenvalue weighted by molar-refractivity contribution is 0.0697. The lowest BCUT2D eigenvalue weighted by atomic mass is 10.1. The van der Waals surface area contributed by atoms with E-state index in [4.69, 9.17) is 0 Å². The zero-order chi connectivity index (χ0) is 14.9. The summed E-state index contributed by atoms with van der Waals surface area (Å²) < 4.78 is 13.8. The number of anilines is 2. The maximum Gasteiger partial charge on any atom is 0.339 e. The molecule has 0 saturated carbocycles. The topological polar surface area (TPSA) is 62.2 Å². The summed E-state index contributed by atoms with van der Waals surface area (Å²) in [5.41, 5.74) is 2.39. The van der Waals surface area contributed by atoms with Gasteiger partial charge in [0, 0.05) is 5.69 Å². The molecule has 104 valence electrons. The van der Waals surface area contributed by atoms with Crippen molar-refractivity contribution in [1.29, 1.82) is 0 Å². The molecule has 4 nitrogen and oxygen atoms in total. The van der Waals surface area contributed by atoms with Crippen LogP contribution in [0.2, 0.25) is 0 Å². The van der Waals surface area contributed by atoms with E-state index in [2.05, 4.69) is 10.3 Å². The van der Waals surface area contributed by atoms with E-state index >= 15 is 0 Å². The third kappa shape index (κ3) is 2.77. The minimum Gasteiger partial charge on any atom is -0.478 e. The number of nitrogens with one attached hydrogen (secondary N) is 1. The summed E-state index contributed by atoms with van der Waals surface area (Å²) in [6.07, 6.45) is 0. The molecule has 0 spiro atoms. The second-order valence-electron chi connectivity index (χ2n) is 4.72. The van der Waals surface area contributed by atoms with Crippen molar-refractivity contribution in [3.63, 3.8) is 0 Å². The zero-order valence-electron chi connectivity index (χ0n) is 11.5. The highest BCUT2D eigenvalue weighted by molar-refractivity contribution is 5.95. The molecule has 0 bridgehead atoms. The average Bonchev–Trinajstić information content (AvgIpc) is 2.32. The first-order chi connectivity index (χ1) is 9.38. The number of hydrogen-bond acceptors (Lipinski definition) is 3. The molecule has 2 aromatic rings. The van der Waals surface area contributed by atoms with Crippen molar-refractivity contribution in [1.82, 2.24) is 4.98 Å². The fourth-order valence-corrected chi connectivity index (χ4v) is 2.06. The van der Waals surface area contributed by atoms with Gasteiger partial charge in [-0.3, -0.25) is 0 Å². The van der Waals surface area contributed by atoms with Gasteiger partial charge in [-0.1, -0.05) is 6.07 Å². The van der Waals surface area contributed by atoms with Crippen molar-refractivity contribution in [3.05, 3.63) is 52.5 Å². The molecule has 0 saturated heterocycles. The van der Waals surface area contributed by atoms with E-state index in [-0.39, 0.29) is 17.1 Å². The number of benzene rings is 1. The Labute approximate surface area is 116 Å². The monoisotopic (exact) mass is 274 g/mol. The Hall–Kier alpha value is -2.43. The number of pyridine rings is 1. The maximum absolute atomic E-state index is 13.8. The first kappa shape index (κ1) is 14.0. The van der Waals surface area contributed by atoms with Gasteiger partial charge in [-0.15, -0.1) is 0 Å². The van der Waals surface area contributed by atoms with Gasteiger partial charge in [0.2, 0.25) is 0 Å². The van der Waals surface area contributed by atoms with Crippen LogP contribution < -0.4 is 5.32 Å². The van der Waals surface area contributed by atoms with Gasteiger partial charge >= 0.3 is 5.97 Å². The van der Waals surface area contributed by atoms with Gasteiger partial charge in [0.25, 0.3) is 0 Å². The number of carboxylic acids is 1. The van der Waals surface area contributed by atoms with E-state index in [0.717, 1.165) is 5.56 Å². The summed E-state index contributed by atoms with van der Waals surface area (Å²) in [6, 6.07) is 6.27. The molecule has 0 radical (unpaired) electrons. The van der Waals surface area contributed by atoms with E-state index in [9.17, 15) is 14.3 Å². The van der Waals surface area contributed by atoms with Crippen LogP contribution in [0.3, 0.4) is 0 Å². The molecule has 2 N–H and O–H groups in total. The predicted octanol–water partition coefficient (Wildman–Crippen LogP) is 3.59. The largest absolute Gasteiger partial charge is 0.478 e. The fourth-order valence-electron chi connectivity index (χ4n) is 2.06. The molecule has 1 aromatic carbocycles. The van der Waals surface area contributed by atoms with E-state index in [1.165, 1.54) is 6.07 Å². The number of halogens is 1. The molecule has 0 amide bonds. The Bertz CT molecular complexity index is 684. The van der Waals surface area contributed by atoms with Crippen LogP contribution in [0.25, 0.3) is 0 Å². The molecule has 0 aliphatic carbocycles. The molecule has 0 fully saturated rings. The summed E-state index contributed by atoms with van der Waals surface area (Å²) in [6.45, 7) is 5.28. The molecule has 5 heteroatoms. The van der Waals surface area contributed by atoms with E-state index in [1.54, 1.807) is 32.0 Å². The van der Waals surface area contributed by atoms with Crippen LogP contribution in [-0.2, 0) is 0 Å². The number of rotatable bonds is 3. The standard InChI is InChI=1S/C15H15FN2O2/c1-8-4-5-11(16)12(6-8)18-14-13(15(19)20)9(2)7-10(3)17-14/h4-7H,1-3H3,(H,17,18)(H,19,20). The lowest BCUT2D eigenvalue weighted by Gasteiger charge is -2.13. The third-order valence-electron chi connectivity index (χ3n) is 2.93. The normalized spacial score (nSPS) is 10.4. The highest BCUT2D eigenvalue weighted by atomic mass is 19.1. The van der Waals surface area contributed by atoms with Gasteiger partial charge in [-0.05, 0) is 50.1 Å². The van der Waals surface area contributed by atoms with E-state index in [0.29, 0.717) is 11.3 Å². The van der Waals surface area contributed by atoms with Crippen LogP contribution in [0, 0.1) is 26.6 Å². The smallest absolute Gasteiger partial charge is 0.339 e. The van der Waals surface area contributed by atoms with Gasteiger partial charge in [0.05, 0.1) is 5.69 Å². The molecule has 0 unspecified atom stereocenters. The highest BCUT2D eigenvalue weighted by Crippen LogP contribution is 2.25. The number of nitrogens with zero attached hydrogens (tertiary/aromatic N) is 1. The average molecular weight is 274 g/mol. The van der Waals surface area contributed by atoms with Crippen LogP contribution in [-0.4, -0.2) is 16.1 Å². The maximum atomic E-state index is 13.8. The van der Waals surface area contributed by atoms with Crippen LogP contribution in [0.5, 0.6) is 0 Å². The lowest BCUT2D eigenvalue weighted by Crippen LogP contribution is -2.09. The van der Waals surface area contributed by atoms with Crippen LogP contribution in [0.4, 0.5) is 15.9 Å². The van der Waals surface area contributed by atoms with Crippen LogP contribution >= 0.6 is 0 Å². The molecule has 0 aliphatic rings. The summed E-state index contributed by atoms with van der Waals surface area (Å²) >= 11 is 0. The molecule has 20 heavy (non-hydrogen) atoms. The first-order valence-corrected chi connectivity index (χ1v) is 6.13. The Balaban J connectivity index is 2.53. The fraction of sp³-hybridized carbons (Fsp3) is 0.200. The van der Waals surface area contributed by atoms with Crippen molar-refractivity contribution < 1.29 is 14.3 Å². The van der Waals surface area contributed by atoms with Gasteiger partial charge < -0.3 is 10.4 Å². The molecule has 1 heterocycles. The van der Waals surface area contributed by atoms with Crippen molar-refractivity contribution >= 4 is 17.5 Å². The van der Waals surface area contributed by atoms with Gasteiger partial charge in [0.1, 0.15) is 17.2 Å². The third-order valence-corrected chi connectivity index (χ3v) is 2.93. The quantitative estimate of drug-likeness (QED) is 0.897. The summed E-state index contributed by atoms with van der Waals surface area (Å²) in [5, 5.41) is 12.0. The van der Waals surface area contributed by atoms with Gasteiger partial charge in [0.15, 0.2) is 0 Å². The second-order valence-corrected chi connectivity index (χ2v) is 4.72. The molecular weight excluding hydrogens is 259 g/mol. The molecule has 0 aliphatic heterocycles. The minimum absolute atomic E-state index is 0.0523. The zero-order valence-corrected chi connectivity index (χ0v) is 11.5.